The summed E-state index contributed by atoms with van der Waals surface area (Å²) in [6.45, 7) is 9.03. The highest BCUT2D eigenvalue weighted by atomic mass is 32.1. The van der Waals surface area contributed by atoms with Gasteiger partial charge in [-0.3, -0.25) is 9.59 Å². The number of benzene rings is 1. The van der Waals surface area contributed by atoms with Crippen LogP contribution in [0.3, 0.4) is 0 Å². The second-order valence-corrected chi connectivity index (χ2v) is 8.00. The molecule has 0 saturated carbocycles. The highest BCUT2D eigenvalue weighted by molar-refractivity contribution is 7.16. The zero-order chi connectivity index (χ0) is 20.8. The summed E-state index contributed by atoms with van der Waals surface area (Å²) < 4.78 is 5.36. The SMILES string of the molecule is CC(=O)Nc1sc(C)c(C)c1C(=O)O[C@H](C)C(=O)NC[C@H](C)c1ccccc1. The van der Waals surface area contributed by atoms with Crippen molar-refractivity contribution in [1.29, 1.82) is 0 Å². The molecule has 2 rings (SSSR count). The van der Waals surface area contributed by atoms with E-state index in [1.807, 2.05) is 44.2 Å². The Kier molecular flexibility index (Phi) is 7.34. The van der Waals surface area contributed by atoms with Crippen molar-refractivity contribution in [2.75, 3.05) is 11.9 Å². The third-order valence-electron chi connectivity index (χ3n) is 4.48. The van der Waals surface area contributed by atoms with Gasteiger partial charge in [0.2, 0.25) is 5.91 Å². The van der Waals surface area contributed by atoms with Crippen LogP contribution in [0.2, 0.25) is 0 Å². The molecule has 6 nitrogen and oxygen atoms in total. The molecule has 0 saturated heterocycles. The van der Waals surface area contributed by atoms with Crippen LogP contribution in [0.4, 0.5) is 5.00 Å². The zero-order valence-corrected chi connectivity index (χ0v) is 17.6. The van der Waals surface area contributed by atoms with Crippen LogP contribution in [0.1, 0.15) is 53.1 Å². The molecule has 0 unspecified atom stereocenters. The number of carbonyl (C=O) groups is 3. The minimum Gasteiger partial charge on any atom is -0.449 e. The number of carbonyl (C=O) groups excluding carboxylic acids is 3. The summed E-state index contributed by atoms with van der Waals surface area (Å²) in [7, 11) is 0. The predicted octanol–water partition coefficient (Wildman–Crippen LogP) is 3.79. The van der Waals surface area contributed by atoms with E-state index in [0.717, 1.165) is 16.0 Å². The molecule has 0 aliphatic carbocycles. The van der Waals surface area contributed by atoms with Gasteiger partial charge in [0.25, 0.3) is 5.91 Å². The van der Waals surface area contributed by atoms with E-state index in [2.05, 4.69) is 10.6 Å². The first-order chi connectivity index (χ1) is 13.2. The molecule has 150 valence electrons. The molecule has 0 spiro atoms. The van der Waals surface area contributed by atoms with E-state index >= 15 is 0 Å². The fraction of sp³-hybridized carbons (Fsp3) is 0.381. The Labute approximate surface area is 169 Å². The summed E-state index contributed by atoms with van der Waals surface area (Å²) in [5, 5.41) is 5.92. The first kappa shape index (κ1) is 21.6. The normalized spacial score (nSPS) is 12.8. The topological polar surface area (TPSA) is 84.5 Å². The minimum absolute atomic E-state index is 0.140. The van der Waals surface area contributed by atoms with Gasteiger partial charge < -0.3 is 15.4 Å². The van der Waals surface area contributed by atoms with Crippen molar-refractivity contribution in [2.24, 2.45) is 0 Å². The van der Waals surface area contributed by atoms with E-state index in [9.17, 15) is 14.4 Å². The van der Waals surface area contributed by atoms with Crippen LogP contribution in [-0.2, 0) is 14.3 Å². The van der Waals surface area contributed by atoms with Gasteiger partial charge in [-0.2, -0.15) is 0 Å². The third-order valence-corrected chi connectivity index (χ3v) is 5.61. The zero-order valence-electron chi connectivity index (χ0n) is 16.8. The molecule has 2 amide bonds. The molecule has 0 aliphatic rings. The third kappa shape index (κ3) is 5.42. The molecule has 1 heterocycles. The molecular formula is C21H26N2O4S. The van der Waals surface area contributed by atoms with Gasteiger partial charge in [-0.25, -0.2) is 4.79 Å². The molecule has 0 radical (unpaired) electrons. The Morgan fingerprint density at radius 1 is 1.11 bits per heavy atom. The number of aryl methyl sites for hydroxylation is 1. The van der Waals surface area contributed by atoms with Gasteiger partial charge in [0.05, 0.1) is 5.56 Å². The molecule has 1 aromatic carbocycles. The lowest BCUT2D eigenvalue weighted by Crippen LogP contribution is -2.37. The van der Waals surface area contributed by atoms with E-state index in [1.165, 1.54) is 25.2 Å². The Morgan fingerprint density at radius 3 is 2.36 bits per heavy atom. The average Bonchev–Trinajstić information content (AvgIpc) is 2.92. The van der Waals surface area contributed by atoms with Gasteiger partial charge in [-0.15, -0.1) is 11.3 Å². The number of anilines is 1. The lowest BCUT2D eigenvalue weighted by Gasteiger charge is -2.17. The van der Waals surface area contributed by atoms with Crippen LogP contribution in [-0.4, -0.2) is 30.4 Å². The van der Waals surface area contributed by atoms with Crippen LogP contribution in [0, 0.1) is 13.8 Å². The summed E-state index contributed by atoms with van der Waals surface area (Å²) >= 11 is 1.31. The Morgan fingerprint density at radius 2 is 1.75 bits per heavy atom. The first-order valence-corrected chi connectivity index (χ1v) is 9.93. The van der Waals surface area contributed by atoms with Crippen LogP contribution in [0.25, 0.3) is 0 Å². The van der Waals surface area contributed by atoms with Crippen molar-refractivity contribution >= 4 is 34.1 Å². The van der Waals surface area contributed by atoms with Crippen LogP contribution < -0.4 is 10.6 Å². The quantitative estimate of drug-likeness (QED) is 0.690. The molecule has 7 heteroatoms. The number of amides is 2. The van der Waals surface area contributed by atoms with E-state index in [-0.39, 0.29) is 17.7 Å². The van der Waals surface area contributed by atoms with Crippen LogP contribution in [0.15, 0.2) is 30.3 Å². The Hall–Kier alpha value is -2.67. The molecule has 2 N–H and O–H groups in total. The van der Waals surface area contributed by atoms with Crippen LogP contribution in [0.5, 0.6) is 0 Å². The molecule has 2 atom stereocenters. The van der Waals surface area contributed by atoms with E-state index < -0.39 is 12.1 Å². The first-order valence-electron chi connectivity index (χ1n) is 9.11. The second kappa shape index (κ2) is 9.50. The molecule has 28 heavy (non-hydrogen) atoms. The van der Waals surface area contributed by atoms with Gasteiger partial charge >= 0.3 is 5.97 Å². The van der Waals surface area contributed by atoms with Crippen molar-refractivity contribution in [2.45, 2.75) is 46.6 Å². The number of hydrogen-bond acceptors (Lipinski definition) is 5. The smallest absolute Gasteiger partial charge is 0.342 e. The van der Waals surface area contributed by atoms with E-state index in [4.69, 9.17) is 4.74 Å². The highest BCUT2D eigenvalue weighted by Gasteiger charge is 2.25. The molecule has 0 fully saturated rings. The summed E-state index contributed by atoms with van der Waals surface area (Å²) in [5.74, 6) is -1.11. The number of nitrogens with one attached hydrogen (secondary N) is 2. The van der Waals surface area contributed by atoms with Gasteiger partial charge in [-0.05, 0) is 37.8 Å². The Bertz CT molecular complexity index is 861. The van der Waals surface area contributed by atoms with Gasteiger partial charge in [0, 0.05) is 18.3 Å². The lowest BCUT2D eigenvalue weighted by atomic mass is 10.0. The summed E-state index contributed by atoms with van der Waals surface area (Å²) in [5.41, 5.74) is 2.16. The van der Waals surface area contributed by atoms with E-state index in [1.54, 1.807) is 6.92 Å². The molecule has 0 bridgehead atoms. The van der Waals surface area contributed by atoms with Crippen molar-refractivity contribution in [3.05, 3.63) is 51.9 Å². The summed E-state index contributed by atoms with van der Waals surface area (Å²) in [6, 6.07) is 9.86. The monoisotopic (exact) mass is 402 g/mol. The van der Waals surface area contributed by atoms with Gasteiger partial charge in [-0.1, -0.05) is 37.3 Å². The van der Waals surface area contributed by atoms with E-state index in [0.29, 0.717) is 17.1 Å². The lowest BCUT2D eigenvalue weighted by molar-refractivity contribution is -0.129. The number of esters is 1. The highest BCUT2D eigenvalue weighted by Crippen LogP contribution is 2.33. The van der Waals surface area contributed by atoms with Crippen molar-refractivity contribution in [3.8, 4) is 0 Å². The number of rotatable bonds is 7. The summed E-state index contributed by atoms with van der Waals surface area (Å²) in [6.07, 6.45) is -0.944. The molecule has 1 aromatic heterocycles. The maximum atomic E-state index is 12.6. The van der Waals surface area contributed by atoms with Crippen molar-refractivity contribution < 1.29 is 19.1 Å². The number of thiophene rings is 1. The molecule has 2 aromatic rings. The molecular weight excluding hydrogens is 376 g/mol. The average molecular weight is 403 g/mol. The van der Waals surface area contributed by atoms with Crippen molar-refractivity contribution in [1.82, 2.24) is 5.32 Å². The fourth-order valence-corrected chi connectivity index (χ4v) is 3.79. The second-order valence-electron chi connectivity index (χ2n) is 6.77. The standard InChI is InChI=1S/C21H26N2O4S/c1-12(17-9-7-6-8-10-17)11-22-19(25)14(3)27-21(26)18-13(2)15(4)28-20(18)23-16(5)24/h6-10,12,14H,11H2,1-5H3,(H,22,25)(H,23,24)/t12-,14+/m0/s1. The Balaban J connectivity index is 1.98. The van der Waals surface area contributed by atoms with Crippen LogP contribution >= 0.6 is 11.3 Å². The van der Waals surface area contributed by atoms with Gasteiger partial charge in [0.15, 0.2) is 6.10 Å². The number of hydrogen-bond donors (Lipinski definition) is 2. The largest absolute Gasteiger partial charge is 0.449 e. The minimum atomic E-state index is -0.944. The van der Waals surface area contributed by atoms with Crippen molar-refractivity contribution in [3.63, 3.8) is 0 Å². The van der Waals surface area contributed by atoms with Gasteiger partial charge in [0.1, 0.15) is 5.00 Å². The molecule has 0 aliphatic heterocycles. The maximum absolute atomic E-state index is 12.6. The maximum Gasteiger partial charge on any atom is 0.342 e. The predicted molar refractivity (Wildman–Crippen MR) is 111 cm³/mol. The fourth-order valence-electron chi connectivity index (χ4n) is 2.69. The number of ether oxygens (including phenoxy) is 1. The summed E-state index contributed by atoms with van der Waals surface area (Å²) in [4.78, 5) is 37.2.